The van der Waals surface area contributed by atoms with E-state index in [1.165, 1.54) is 0 Å². The molecule has 1 aliphatic carbocycles. The minimum Gasteiger partial charge on any atom is -0.461 e. The predicted molar refractivity (Wildman–Crippen MR) is 97.8 cm³/mol. The minimum atomic E-state index is -0.944. The number of ether oxygens (including phenoxy) is 1. The third-order valence-electron chi connectivity index (χ3n) is 5.57. The fourth-order valence-corrected chi connectivity index (χ4v) is 3.12. The molecule has 3 rings (SSSR count). The van der Waals surface area contributed by atoms with Crippen LogP contribution in [-0.2, 0) is 25.4 Å². The van der Waals surface area contributed by atoms with Gasteiger partial charge in [-0.1, -0.05) is 30.3 Å². The van der Waals surface area contributed by atoms with Gasteiger partial charge in [0.05, 0.1) is 11.2 Å². The van der Waals surface area contributed by atoms with Crippen molar-refractivity contribution < 1.29 is 23.2 Å². The molecule has 0 amide bonds. The van der Waals surface area contributed by atoms with E-state index >= 15 is 0 Å². The average molecular weight is 360 g/mol. The molecule has 0 N–H and O–H groups in total. The van der Waals surface area contributed by atoms with E-state index in [2.05, 4.69) is 0 Å². The quantitative estimate of drug-likeness (QED) is 0.577. The molecule has 0 bridgehead atoms. The number of benzene rings is 1. The first kappa shape index (κ1) is 19.1. The van der Waals surface area contributed by atoms with Crippen LogP contribution in [0.15, 0.2) is 41.6 Å². The van der Waals surface area contributed by atoms with E-state index in [1.807, 2.05) is 58.0 Å². The van der Waals surface area contributed by atoms with Gasteiger partial charge in [0.15, 0.2) is 0 Å². The van der Waals surface area contributed by atoms with Crippen molar-refractivity contribution in [1.29, 1.82) is 0 Å². The third-order valence-corrected chi connectivity index (χ3v) is 5.57. The summed E-state index contributed by atoms with van der Waals surface area (Å²) in [5.41, 5.74) is 0.198. The molecule has 1 saturated carbocycles. The second-order valence-corrected chi connectivity index (χ2v) is 8.16. The molecule has 2 fully saturated rings. The monoisotopic (exact) mass is 360 g/mol. The van der Waals surface area contributed by atoms with E-state index in [-0.39, 0.29) is 24.2 Å². The minimum absolute atomic E-state index is 0.126. The summed E-state index contributed by atoms with van der Waals surface area (Å²) in [6.07, 6.45) is 1.42. The standard InChI is InChI=1S/C20H26BFO4/c1-19(2)20(3,4)26-21(25-19)18(22)16-10-15(11-16)12-17(23)24-13-14-8-6-5-7-9-14/h5-9,15H,10-13H2,1-4H3. The SMILES string of the molecule is CC1(C)OB(C(F)=C2CC(CC(=O)OCc3ccccc3)C2)OC1(C)C. The molecule has 140 valence electrons. The Bertz CT molecular complexity index is 675. The second kappa shape index (κ2) is 7.16. The van der Waals surface area contributed by atoms with Crippen LogP contribution in [0.4, 0.5) is 4.39 Å². The molecule has 0 atom stereocenters. The van der Waals surface area contributed by atoms with Crippen LogP contribution in [0.5, 0.6) is 0 Å². The Morgan fingerprint density at radius 2 is 1.73 bits per heavy atom. The van der Waals surface area contributed by atoms with Crippen molar-refractivity contribution in [3.05, 3.63) is 47.2 Å². The van der Waals surface area contributed by atoms with E-state index in [0.29, 0.717) is 24.8 Å². The molecule has 1 saturated heterocycles. The first-order chi connectivity index (χ1) is 12.2. The first-order valence-corrected chi connectivity index (χ1v) is 9.10. The normalized spacial score (nSPS) is 23.5. The van der Waals surface area contributed by atoms with Gasteiger partial charge in [0.1, 0.15) is 12.3 Å². The van der Waals surface area contributed by atoms with E-state index in [0.717, 1.165) is 5.56 Å². The van der Waals surface area contributed by atoms with Crippen molar-refractivity contribution in [3.8, 4) is 0 Å². The van der Waals surface area contributed by atoms with Crippen LogP contribution in [0.3, 0.4) is 0 Å². The molecule has 0 spiro atoms. The zero-order valence-electron chi connectivity index (χ0n) is 15.9. The van der Waals surface area contributed by atoms with Crippen LogP contribution in [0.25, 0.3) is 0 Å². The Morgan fingerprint density at radius 3 is 2.31 bits per heavy atom. The Morgan fingerprint density at radius 1 is 1.15 bits per heavy atom. The lowest BCUT2D eigenvalue weighted by Gasteiger charge is -2.32. The number of esters is 1. The number of rotatable bonds is 5. The lowest BCUT2D eigenvalue weighted by Crippen LogP contribution is -2.41. The second-order valence-electron chi connectivity index (χ2n) is 8.16. The number of halogens is 1. The van der Waals surface area contributed by atoms with Gasteiger partial charge in [0.25, 0.3) is 0 Å². The molecular formula is C20H26BFO4. The van der Waals surface area contributed by atoms with E-state index in [1.54, 1.807) is 0 Å². The molecule has 6 heteroatoms. The molecule has 1 aromatic carbocycles. The Kier molecular flexibility index (Phi) is 5.27. The van der Waals surface area contributed by atoms with Crippen molar-refractivity contribution in [2.45, 2.75) is 64.8 Å². The topological polar surface area (TPSA) is 44.8 Å². The molecule has 26 heavy (non-hydrogen) atoms. The summed E-state index contributed by atoms with van der Waals surface area (Å²) in [4.78, 5) is 11.9. The van der Waals surface area contributed by atoms with Crippen LogP contribution in [-0.4, -0.2) is 24.3 Å². The molecule has 2 aliphatic rings. The molecule has 0 aromatic heterocycles. The van der Waals surface area contributed by atoms with Crippen LogP contribution in [0.2, 0.25) is 0 Å². The van der Waals surface area contributed by atoms with Crippen molar-refractivity contribution >= 4 is 13.1 Å². The zero-order valence-corrected chi connectivity index (χ0v) is 15.9. The predicted octanol–water partition coefficient (Wildman–Crippen LogP) is 4.38. The van der Waals surface area contributed by atoms with Gasteiger partial charge in [-0.3, -0.25) is 4.79 Å². The number of carbonyl (C=O) groups is 1. The summed E-state index contributed by atoms with van der Waals surface area (Å²) in [5, 5.41) is 0. The molecule has 1 aliphatic heterocycles. The zero-order chi connectivity index (χ0) is 18.9. The Hall–Kier alpha value is -1.66. The molecule has 1 heterocycles. The van der Waals surface area contributed by atoms with E-state index in [4.69, 9.17) is 14.0 Å². The van der Waals surface area contributed by atoms with Crippen LogP contribution in [0.1, 0.15) is 52.5 Å². The van der Waals surface area contributed by atoms with Gasteiger partial charge in [-0.25, -0.2) is 4.39 Å². The van der Waals surface area contributed by atoms with Gasteiger partial charge in [0.2, 0.25) is 0 Å². The molecular weight excluding hydrogens is 334 g/mol. The van der Waals surface area contributed by atoms with Crippen molar-refractivity contribution in [2.24, 2.45) is 5.92 Å². The summed E-state index contributed by atoms with van der Waals surface area (Å²) in [6.45, 7) is 7.88. The summed E-state index contributed by atoms with van der Waals surface area (Å²) >= 11 is 0. The summed E-state index contributed by atoms with van der Waals surface area (Å²) in [6, 6.07) is 9.56. The van der Waals surface area contributed by atoms with E-state index in [9.17, 15) is 9.18 Å². The summed E-state index contributed by atoms with van der Waals surface area (Å²) in [5.74, 6) is -0.115. The van der Waals surface area contributed by atoms with Crippen molar-refractivity contribution in [1.82, 2.24) is 0 Å². The van der Waals surface area contributed by atoms with Gasteiger partial charge in [-0.15, -0.1) is 0 Å². The third kappa shape index (κ3) is 4.02. The van der Waals surface area contributed by atoms with Crippen LogP contribution >= 0.6 is 0 Å². The highest BCUT2D eigenvalue weighted by atomic mass is 19.1. The molecule has 1 aromatic rings. The maximum absolute atomic E-state index is 14.6. The van der Waals surface area contributed by atoms with Crippen LogP contribution in [0, 0.1) is 5.92 Å². The number of carbonyl (C=O) groups excluding carboxylic acids is 1. The Balaban J connectivity index is 1.46. The van der Waals surface area contributed by atoms with Gasteiger partial charge < -0.3 is 14.0 Å². The molecule has 0 unspecified atom stereocenters. The highest BCUT2D eigenvalue weighted by Crippen LogP contribution is 2.43. The first-order valence-electron chi connectivity index (χ1n) is 9.10. The number of hydrogen-bond donors (Lipinski definition) is 0. The maximum atomic E-state index is 14.6. The Labute approximate surface area is 154 Å². The molecule has 4 nitrogen and oxygen atoms in total. The number of allylic oxidation sites excluding steroid dienone is 1. The lowest BCUT2D eigenvalue weighted by molar-refractivity contribution is -0.146. The van der Waals surface area contributed by atoms with Gasteiger partial charge in [-0.05, 0) is 57.6 Å². The van der Waals surface area contributed by atoms with Gasteiger partial charge in [-0.2, -0.15) is 0 Å². The smallest absolute Gasteiger partial charge is 0.461 e. The van der Waals surface area contributed by atoms with Crippen molar-refractivity contribution in [3.63, 3.8) is 0 Å². The largest absolute Gasteiger partial charge is 0.525 e. The van der Waals surface area contributed by atoms with E-state index < -0.39 is 18.3 Å². The maximum Gasteiger partial charge on any atom is 0.525 e. The summed E-state index contributed by atoms with van der Waals surface area (Å²) in [7, 11) is -0.944. The van der Waals surface area contributed by atoms with Gasteiger partial charge >= 0.3 is 13.1 Å². The van der Waals surface area contributed by atoms with Gasteiger partial charge in [0, 0.05) is 6.42 Å². The fourth-order valence-electron chi connectivity index (χ4n) is 3.12. The highest BCUT2D eigenvalue weighted by Gasteiger charge is 2.54. The van der Waals surface area contributed by atoms with Crippen LogP contribution < -0.4 is 0 Å². The highest BCUT2D eigenvalue weighted by molar-refractivity contribution is 6.53. The average Bonchev–Trinajstić information content (AvgIpc) is 2.77. The summed E-state index contributed by atoms with van der Waals surface area (Å²) < 4.78 is 31.4. The van der Waals surface area contributed by atoms with Crippen molar-refractivity contribution in [2.75, 3.05) is 0 Å². The fraction of sp³-hybridized carbons (Fsp3) is 0.550. The lowest BCUT2D eigenvalue weighted by atomic mass is 9.71. The number of hydrogen-bond acceptors (Lipinski definition) is 4. The molecule has 0 radical (unpaired) electrons.